The predicted octanol–water partition coefficient (Wildman–Crippen LogP) is 2.23. The van der Waals surface area contributed by atoms with Crippen molar-refractivity contribution in [2.24, 2.45) is 0 Å². The number of thioether (sulfide) groups is 1. The molecule has 0 radical (unpaired) electrons. The van der Waals surface area contributed by atoms with Gasteiger partial charge in [0.1, 0.15) is 0 Å². The molecule has 0 bridgehead atoms. The molecule has 1 amide bonds. The first-order valence-corrected chi connectivity index (χ1v) is 9.78. The molecule has 0 spiro atoms. The van der Waals surface area contributed by atoms with Crippen LogP contribution in [0, 0.1) is 0 Å². The van der Waals surface area contributed by atoms with Crippen LogP contribution in [0.2, 0.25) is 0 Å². The van der Waals surface area contributed by atoms with Crippen molar-refractivity contribution in [2.75, 3.05) is 17.3 Å². The highest BCUT2D eigenvalue weighted by atomic mass is 79.9. The largest absolute Gasteiger partial charge is 0.349 e. The Morgan fingerprint density at radius 1 is 1.40 bits per heavy atom. The highest BCUT2D eigenvalue weighted by Gasteiger charge is 2.39. The van der Waals surface area contributed by atoms with E-state index in [9.17, 15) is 13.2 Å². The molecule has 1 N–H and O–H groups in total. The van der Waals surface area contributed by atoms with Crippen molar-refractivity contribution in [3.05, 3.63) is 28.7 Å². The molecule has 7 heteroatoms. The fourth-order valence-corrected chi connectivity index (χ4v) is 5.22. The second-order valence-electron chi connectivity index (χ2n) is 5.19. The van der Waals surface area contributed by atoms with Crippen LogP contribution < -0.4 is 5.32 Å². The lowest BCUT2D eigenvalue weighted by Gasteiger charge is -2.23. The van der Waals surface area contributed by atoms with Crippen molar-refractivity contribution >= 4 is 43.4 Å². The van der Waals surface area contributed by atoms with Crippen molar-refractivity contribution in [2.45, 2.75) is 23.8 Å². The summed E-state index contributed by atoms with van der Waals surface area (Å²) >= 11 is 4.79. The summed E-state index contributed by atoms with van der Waals surface area (Å²) in [5.74, 6) is 0.354. The molecule has 1 heterocycles. The first kappa shape index (κ1) is 15.9. The molecule has 1 aliphatic heterocycles. The van der Waals surface area contributed by atoms with E-state index in [0.717, 1.165) is 9.37 Å². The Morgan fingerprint density at radius 2 is 2.05 bits per heavy atom. The molecule has 1 aliphatic rings. The fraction of sp³-hybridized carbons (Fsp3) is 0.462. The predicted molar refractivity (Wildman–Crippen MR) is 84.7 cm³/mol. The van der Waals surface area contributed by atoms with E-state index in [0.29, 0.717) is 6.42 Å². The Morgan fingerprint density at radius 3 is 2.60 bits per heavy atom. The van der Waals surface area contributed by atoms with Crippen LogP contribution >= 0.6 is 27.7 Å². The summed E-state index contributed by atoms with van der Waals surface area (Å²) in [6, 6.07) is 7.71. The van der Waals surface area contributed by atoms with Gasteiger partial charge in [0.05, 0.1) is 22.8 Å². The lowest BCUT2D eigenvalue weighted by molar-refractivity contribution is -0.120. The molecule has 110 valence electrons. The first-order valence-electron chi connectivity index (χ1n) is 6.18. The maximum absolute atomic E-state index is 11.9. The highest BCUT2D eigenvalue weighted by molar-refractivity contribution is 9.10. The third kappa shape index (κ3) is 4.49. The summed E-state index contributed by atoms with van der Waals surface area (Å²) in [7, 11) is -3.00. The van der Waals surface area contributed by atoms with E-state index in [1.54, 1.807) is 6.92 Å². The second-order valence-corrected chi connectivity index (χ2v) is 9.34. The summed E-state index contributed by atoms with van der Waals surface area (Å²) in [5, 5.41) is 2.84. The molecule has 1 unspecified atom stereocenters. The Bertz CT molecular complexity index is 601. The van der Waals surface area contributed by atoms with E-state index in [-0.39, 0.29) is 23.2 Å². The lowest BCUT2D eigenvalue weighted by Crippen LogP contribution is -2.47. The molecule has 0 saturated carbocycles. The van der Waals surface area contributed by atoms with Crippen LogP contribution in [0.25, 0.3) is 0 Å². The van der Waals surface area contributed by atoms with E-state index >= 15 is 0 Å². The van der Waals surface area contributed by atoms with Crippen LogP contribution in [0.1, 0.15) is 13.3 Å². The molecule has 4 nitrogen and oxygen atoms in total. The monoisotopic (exact) mass is 377 g/mol. The van der Waals surface area contributed by atoms with Gasteiger partial charge < -0.3 is 5.32 Å². The number of amides is 1. The summed E-state index contributed by atoms with van der Waals surface area (Å²) in [4.78, 5) is 12.9. The van der Waals surface area contributed by atoms with Gasteiger partial charge in [0.15, 0.2) is 9.84 Å². The first-order chi connectivity index (χ1) is 9.28. The Hall–Kier alpha value is -0.530. The van der Waals surface area contributed by atoms with Gasteiger partial charge in [-0.3, -0.25) is 4.79 Å². The highest BCUT2D eigenvalue weighted by Crippen LogP contribution is 2.24. The van der Waals surface area contributed by atoms with E-state index in [2.05, 4.69) is 21.2 Å². The van der Waals surface area contributed by atoms with Crippen molar-refractivity contribution < 1.29 is 13.2 Å². The normalized spacial score (nSPS) is 24.5. The molecular weight excluding hydrogens is 362 g/mol. The third-order valence-corrected chi connectivity index (χ3v) is 6.57. The Labute approximate surface area is 131 Å². The average Bonchev–Trinajstić information content (AvgIpc) is 2.62. The van der Waals surface area contributed by atoms with Crippen molar-refractivity contribution in [3.63, 3.8) is 0 Å². The number of hydrogen-bond donors (Lipinski definition) is 1. The van der Waals surface area contributed by atoms with Crippen molar-refractivity contribution in [1.29, 1.82) is 0 Å². The van der Waals surface area contributed by atoms with Gasteiger partial charge in [0.25, 0.3) is 0 Å². The summed E-state index contributed by atoms with van der Waals surface area (Å²) in [6.07, 6.45) is 0.490. The van der Waals surface area contributed by atoms with Gasteiger partial charge in [-0.1, -0.05) is 15.9 Å². The number of nitrogens with one attached hydrogen (secondary N) is 1. The summed E-state index contributed by atoms with van der Waals surface area (Å²) in [6.45, 7) is 1.79. The van der Waals surface area contributed by atoms with Gasteiger partial charge in [0, 0.05) is 9.37 Å². The van der Waals surface area contributed by atoms with E-state index in [4.69, 9.17) is 0 Å². The number of hydrogen-bond acceptors (Lipinski definition) is 4. The minimum absolute atomic E-state index is 0.0364. The van der Waals surface area contributed by atoms with Gasteiger partial charge in [-0.15, -0.1) is 11.8 Å². The molecule has 0 aliphatic carbocycles. The fourth-order valence-electron chi connectivity index (χ4n) is 2.16. The minimum atomic E-state index is -3.00. The number of benzene rings is 1. The molecule has 2 rings (SSSR count). The number of rotatable bonds is 4. The van der Waals surface area contributed by atoms with E-state index in [1.165, 1.54) is 11.8 Å². The number of carbonyl (C=O) groups excluding carboxylic acids is 1. The minimum Gasteiger partial charge on any atom is -0.349 e. The van der Waals surface area contributed by atoms with Crippen LogP contribution in [0.5, 0.6) is 0 Å². The maximum atomic E-state index is 11.9. The molecule has 1 aromatic carbocycles. The number of carbonyl (C=O) groups is 1. The topological polar surface area (TPSA) is 63.2 Å². The standard InChI is InChI=1S/C13H16BrNO3S2/c1-13(6-7-20(17,18)9-13)15-12(16)8-19-11-4-2-10(14)3-5-11/h2-5H,6-9H2,1H3,(H,15,16). The van der Waals surface area contributed by atoms with Gasteiger partial charge in [-0.05, 0) is 37.6 Å². The molecule has 1 fully saturated rings. The number of sulfone groups is 1. The summed E-state index contributed by atoms with van der Waals surface area (Å²) in [5.41, 5.74) is -0.615. The van der Waals surface area contributed by atoms with Gasteiger partial charge >= 0.3 is 0 Å². The van der Waals surface area contributed by atoms with Crippen LogP contribution in [0.15, 0.2) is 33.6 Å². The zero-order valence-electron chi connectivity index (χ0n) is 11.1. The van der Waals surface area contributed by atoms with Crippen molar-refractivity contribution in [3.8, 4) is 0 Å². The van der Waals surface area contributed by atoms with Gasteiger partial charge in [0.2, 0.25) is 5.91 Å². The quantitative estimate of drug-likeness (QED) is 0.817. The molecule has 20 heavy (non-hydrogen) atoms. The van der Waals surface area contributed by atoms with Gasteiger partial charge in [-0.2, -0.15) is 0 Å². The second kappa shape index (κ2) is 6.07. The SMILES string of the molecule is CC1(NC(=O)CSc2ccc(Br)cc2)CCS(=O)(=O)C1. The average molecular weight is 378 g/mol. The zero-order valence-corrected chi connectivity index (χ0v) is 14.3. The van der Waals surface area contributed by atoms with Crippen LogP contribution in [-0.4, -0.2) is 37.1 Å². The molecule has 1 aromatic rings. The Balaban J connectivity index is 1.85. The molecule has 1 saturated heterocycles. The summed E-state index contributed by atoms with van der Waals surface area (Å²) < 4.78 is 24.0. The molecular formula is C13H16BrNO3S2. The van der Waals surface area contributed by atoms with Crippen molar-refractivity contribution in [1.82, 2.24) is 5.32 Å². The molecule has 1 atom stereocenters. The lowest BCUT2D eigenvalue weighted by atomic mass is 10.0. The Kier molecular flexibility index (Phi) is 4.81. The van der Waals surface area contributed by atoms with Crippen LogP contribution in [0.4, 0.5) is 0 Å². The zero-order chi connectivity index (χ0) is 14.8. The smallest absolute Gasteiger partial charge is 0.230 e. The number of halogens is 1. The van der Waals surface area contributed by atoms with E-state index in [1.807, 2.05) is 24.3 Å². The van der Waals surface area contributed by atoms with E-state index < -0.39 is 15.4 Å². The van der Waals surface area contributed by atoms with Gasteiger partial charge in [-0.25, -0.2) is 8.42 Å². The van der Waals surface area contributed by atoms with Crippen LogP contribution in [-0.2, 0) is 14.6 Å². The third-order valence-electron chi connectivity index (χ3n) is 3.13. The maximum Gasteiger partial charge on any atom is 0.230 e. The molecule has 0 aromatic heterocycles. The van der Waals surface area contributed by atoms with Crippen LogP contribution in [0.3, 0.4) is 0 Å².